The molecule has 2 rings (SSSR count). The van der Waals surface area contributed by atoms with Crippen LogP contribution in [-0.2, 0) is 20.9 Å². The number of nitrogens with zero attached hydrogens (tertiary/aromatic N) is 1. The van der Waals surface area contributed by atoms with E-state index in [4.69, 9.17) is 0 Å². The first-order valence-corrected chi connectivity index (χ1v) is 7.24. The van der Waals surface area contributed by atoms with Crippen LogP contribution in [0.15, 0.2) is 30.3 Å². The number of piperidine rings is 1. The molecule has 1 aliphatic heterocycles. The van der Waals surface area contributed by atoms with E-state index in [1.54, 1.807) is 6.08 Å². The molecule has 1 aromatic rings. The molecule has 4 nitrogen and oxygen atoms in total. The van der Waals surface area contributed by atoms with Gasteiger partial charge in [0.1, 0.15) is 6.29 Å². The van der Waals surface area contributed by atoms with Crippen LogP contribution in [0.3, 0.4) is 0 Å². The Bertz CT molecular complexity index is 499. The van der Waals surface area contributed by atoms with Gasteiger partial charge in [-0.2, -0.15) is 0 Å². The fraction of sp³-hybridized carbons (Fsp3) is 0.412. The molecule has 0 atom stereocenters. The maximum atomic E-state index is 11.0. The van der Waals surface area contributed by atoms with Gasteiger partial charge < -0.3 is 9.53 Å². The molecule has 0 radical (unpaired) electrons. The normalized spacial score (nSPS) is 17.0. The predicted molar refractivity (Wildman–Crippen MR) is 81.6 cm³/mol. The zero-order valence-electron chi connectivity index (χ0n) is 12.3. The zero-order valence-corrected chi connectivity index (χ0v) is 12.3. The standard InChI is InChI=1S/C17H21NO3/c1-21-17(20)7-6-14-2-4-15(5-3-14)12-18-10-8-16(13-19)9-11-18/h2-7,13,16H,8-12H2,1H3/b7-6+. The summed E-state index contributed by atoms with van der Waals surface area (Å²) in [6, 6.07) is 8.13. The van der Waals surface area contributed by atoms with Gasteiger partial charge in [0.15, 0.2) is 0 Å². The van der Waals surface area contributed by atoms with Crippen LogP contribution in [0.4, 0.5) is 0 Å². The first-order valence-electron chi connectivity index (χ1n) is 7.24. The summed E-state index contributed by atoms with van der Waals surface area (Å²) < 4.78 is 4.56. The van der Waals surface area contributed by atoms with Crippen molar-refractivity contribution in [3.05, 3.63) is 41.5 Å². The number of hydrogen-bond donors (Lipinski definition) is 0. The minimum absolute atomic E-state index is 0.243. The van der Waals surface area contributed by atoms with Gasteiger partial charge in [0.05, 0.1) is 7.11 Å². The fourth-order valence-electron chi connectivity index (χ4n) is 2.47. The molecule has 4 heteroatoms. The number of hydrogen-bond acceptors (Lipinski definition) is 4. The van der Waals surface area contributed by atoms with Gasteiger partial charge in [-0.05, 0) is 43.1 Å². The summed E-state index contributed by atoms with van der Waals surface area (Å²) in [6.07, 6.45) is 6.16. The summed E-state index contributed by atoms with van der Waals surface area (Å²) >= 11 is 0. The molecule has 1 saturated heterocycles. The number of esters is 1. The highest BCUT2D eigenvalue weighted by Gasteiger charge is 2.18. The molecule has 1 heterocycles. The minimum atomic E-state index is -0.350. The molecule has 1 aromatic carbocycles. The maximum Gasteiger partial charge on any atom is 0.330 e. The highest BCUT2D eigenvalue weighted by molar-refractivity contribution is 5.86. The van der Waals surface area contributed by atoms with E-state index >= 15 is 0 Å². The van der Waals surface area contributed by atoms with Gasteiger partial charge in [0.2, 0.25) is 0 Å². The largest absolute Gasteiger partial charge is 0.466 e. The molecule has 0 unspecified atom stereocenters. The lowest BCUT2D eigenvalue weighted by atomic mass is 9.98. The van der Waals surface area contributed by atoms with E-state index in [0.29, 0.717) is 0 Å². The SMILES string of the molecule is COC(=O)/C=C/c1ccc(CN2CCC(C=O)CC2)cc1. The van der Waals surface area contributed by atoms with Crippen LogP contribution in [-0.4, -0.2) is 37.4 Å². The van der Waals surface area contributed by atoms with E-state index in [2.05, 4.69) is 21.8 Å². The summed E-state index contributed by atoms with van der Waals surface area (Å²) in [7, 11) is 1.36. The second-order valence-electron chi connectivity index (χ2n) is 5.35. The molecular formula is C17H21NO3. The number of benzene rings is 1. The van der Waals surface area contributed by atoms with Gasteiger partial charge in [0.25, 0.3) is 0 Å². The molecule has 0 bridgehead atoms. The van der Waals surface area contributed by atoms with Gasteiger partial charge in [-0.1, -0.05) is 24.3 Å². The summed E-state index contributed by atoms with van der Waals surface area (Å²) in [5.41, 5.74) is 2.22. The third-order valence-electron chi connectivity index (χ3n) is 3.82. The number of carbonyl (C=O) groups excluding carboxylic acids is 2. The average molecular weight is 287 g/mol. The summed E-state index contributed by atoms with van der Waals surface area (Å²) in [5, 5.41) is 0. The molecule has 1 fully saturated rings. The molecule has 0 N–H and O–H groups in total. The Morgan fingerprint density at radius 1 is 1.29 bits per heavy atom. The van der Waals surface area contributed by atoms with Crippen molar-refractivity contribution < 1.29 is 14.3 Å². The van der Waals surface area contributed by atoms with E-state index in [0.717, 1.165) is 44.3 Å². The average Bonchev–Trinajstić information content (AvgIpc) is 2.54. The monoisotopic (exact) mass is 287 g/mol. The van der Waals surface area contributed by atoms with Crippen molar-refractivity contribution in [2.45, 2.75) is 19.4 Å². The van der Waals surface area contributed by atoms with E-state index in [9.17, 15) is 9.59 Å². The number of likely N-dealkylation sites (tertiary alicyclic amines) is 1. The van der Waals surface area contributed by atoms with Crippen molar-refractivity contribution in [1.82, 2.24) is 4.90 Å². The molecular weight excluding hydrogens is 266 g/mol. The lowest BCUT2D eigenvalue weighted by molar-refractivity contribution is -0.134. The first kappa shape index (κ1) is 15.4. The molecule has 0 amide bonds. The third kappa shape index (κ3) is 4.83. The van der Waals surface area contributed by atoms with Gasteiger partial charge >= 0.3 is 5.97 Å². The minimum Gasteiger partial charge on any atom is -0.466 e. The van der Waals surface area contributed by atoms with Gasteiger partial charge in [0, 0.05) is 18.5 Å². The fourth-order valence-corrected chi connectivity index (χ4v) is 2.47. The Kier molecular flexibility index (Phi) is 5.69. The molecule has 21 heavy (non-hydrogen) atoms. The highest BCUT2D eigenvalue weighted by Crippen LogP contribution is 2.17. The Morgan fingerprint density at radius 3 is 2.52 bits per heavy atom. The van der Waals surface area contributed by atoms with E-state index < -0.39 is 0 Å². The summed E-state index contributed by atoms with van der Waals surface area (Å²) in [5.74, 6) is -0.107. The van der Waals surface area contributed by atoms with Crippen molar-refractivity contribution in [2.24, 2.45) is 5.92 Å². The molecule has 112 valence electrons. The molecule has 0 saturated carbocycles. The number of carbonyl (C=O) groups is 2. The van der Waals surface area contributed by atoms with Gasteiger partial charge in [-0.3, -0.25) is 4.90 Å². The lowest BCUT2D eigenvalue weighted by Gasteiger charge is -2.29. The lowest BCUT2D eigenvalue weighted by Crippen LogP contribution is -2.33. The third-order valence-corrected chi connectivity index (χ3v) is 3.82. The molecule has 0 aliphatic carbocycles. The van der Waals surface area contributed by atoms with Crippen LogP contribution < -0.4 is 0 Å². The number of methoxy groups -OCH3 is 1. The van der Waals surface area contributed by atoms with Crippen LogP contribution >= 0.6 is 0 Å². The van der Waals surface area contributed by atoms with Crippen molar-refractivity contribution in [3.63, 3.8) is 0 Å². The quantitative estimate of drug-likeness (QED) is 0.473. The zero-order chi connectivity index (χ0) is 15.1. The van der Waals surface area contributed by atoms with Crippen molar-refractivity contribution in [2.75, 3.05) is 20.2 Å². The second kappa shape index (κ2) is 7.74. The predicted octanol–water partition coefficient (Wildman–Crippen LogP) is 2.28. The Labute approximate surface area is 125 Å². The molecule has 1 aliphatic rings. The van der Waals surface area contributed by atoms with E-state index in [-0.39, 0.29) is 11.9 Å². The van der Waals surface area contributed by atoms with Crippen molar-refractivity contribution in [3.8, 4) is 0 Å². The Hall–Kier alpha value is -1.94. The summed E-state index contributed by atoms with van der Waals surface area (Å²) in [4.78, 5) is 24.1. The van der Waals surface area contributed by atoms with Crippen LogP contribution in [0.2, 0.25) is 0 Å². The van der Waals surface area contributed by atoms with Crippen LogP contribution in [0.25, 0.3) is 6.08 Å². The number of rotatable bonds is 5. The van der Waals surface area contributed by atoms with Crippen molar-refractivity contribution >= 4 is 18.3 Å². The summed E-state index contributed by atoms with van der Waals surface area (Å²) in [6.45, 7) is 2.87. The molecule has 0 aromatic heterocycles. The van der Waals surface area contributed by atoms with Crippen LogP contribution in [0.1, 0.15) is 24.0 Å². The van der Waals surface area contributed by atoms with Gasteiger partial charge in [-0.15, -0.1) is 0 Å². The van der Waals surface area contributed by atoms with Crippen molar-refractivity contribution in [1.29, 1.82) is 0 Å². The topological polar surface area (TPSA) is 46.6 Å². The Balaban J connectivity index is 1.86. The molecule has 0 spiro atoms. The smallest absolute Gasteiger partial charge is 0.330 e. The second-order valence-corrected chi connectivity index (χ2v) is 5.35. The first-order chi connectivity index (χ1) is 10.2. The van der Waals surface area contributed by atoms with Crippen LogP contribution in [0.5, 0.6) is 0 Å². The van der Waals surface area contributed by atoms with E-state index in [1.807, 2.05) is 12.1 Å². The van der Waals surface area contributed by atoms with E-state index in [1.165, 1.54) is 18.7 Å². The van der Waals surface area contributed by atoms with Gasteiger partial charge in [-0.25, -0.2) is 4.79 Å². The Morgan fingerprint density at radius 2 is 1.95 bits per heavy atom. The highest BCUT2D eigenvalue weighted by atomic mass is 16.5. The number of aldehydes is 1. The number of ether oxygens (including phenoxy) is 1. The maximum absolute atomic E-state index is 11.0. The van der Waals surface area contributed by atoms with Crippen LogP contribution in [0, 0.1) is 5.92 Å².